The average molecular weight is 386 g/mol. The largest absolute Gasteiger partial charge is 0.360 e. The van der Waals surface area contributed by atoms with E-state index in [0.29, 0.717) is 25.9 Å². The van der Waals surface area contributed by atoms with Gasteiger partial charge in [-0.2, -0.15) is 0 Å². The van der Waals surface area contributed by atoms with E-state index in [2.05, 4.69) is 29.4 Å². The molecule has 0 radical (unpaired) electrons. The van der Waals surface area contributed by atoms with Crippen LogP contribution in [0.3, 0.4) is 0 Å². The molecule has 142 valence electrons. The number of carbonyl (C=O) groups excluding carboxylic acids is 1. The smallest absolute Gasteiger partial charge is 0.239 e. The first-order valence-corrected chi connectivity index (χ1v) is 9.19. The Morgan fingerprint density at radius 3 is 2.85 bits per heavy atom. The van der Waals surface area contributed by atoms with Crippen LogP contribution in [0.15, 0.2) is 47.0 Å². The maximum atomic E-state index is 12.6. The van der Waals surface area contributed by atoms with Crippen LogP contribution >= 0.6 is 12.4 Å². The zero-order valence-corrected chi connectivity index (χ0v) is 16.2. The summed E-state index contributed by atoms with van der Waals surface area (Å²) in [5.41, 5.74) is 8.93. The summed E-state index contributed by atoms with van der Waals surface area (Å²) >= 11 is 0. The van der Waals surface area contributed by atoms with E-state index >= 15 is 0 Å². The predicted molar refractivity (Wildman–Crippen MR) is 109 cm³/mol. The number of aromatic nitrogens is 1. The van der Waals surface area contributed by atoms with Gasteiger partial charge in [-0.1, -0.05) is 61.0 Å². The van der Waals surface area contributed by atoms with Crippen LogP contribution in [0.5, 0.6) is 0 Å². The number of rotatable bonds is 4. The second-order valence-corrected chi connectivity index (χ2v) is 6.86. The molecule has 1 atom stereocenters. The van der Waals surface area contributed by atoms with E-state index in [1.165, 1.54) is 0 Å². The van der Waals surface area contributed by atoms with Gasteiger partial charge in [0.15, 0.2) is 0 Å². The lowest BCUT2D eigenvalue weighted by atomic mass is 9.96. The van der Waals surface area contributed by atoms with Crippen molar-refractivity contribution in [2.45, 2.75) is 38.8 Å². The molecular formula is C21H24ClN3O2. The monoisotopic (exact) mass is 385 g/mol. The SMILES string of the molecule is CCC[C@H](N)C(=O)N1CCc2onc(-c3cccc4ccccc34)c2C1.Cl. The van der Waals surface area contributed by atoms with Gasteiger partial charge in [0.2, 0.25) is 5.91 Å². The van der Waals surface area contributed by atoms with E-state index in [1.54, 1.807) is 0 Å². The van der Waals surface area contributed by atoms with E-state index in [9.17, 15) is 4.79 Å². The van der Waals surface area contributed by atoms with Crippen LogP contribution in [0.4, 0.5) is 0 Å². The molecule has 0 saturated carbocycles. The van der Waals surface area contributed by atoms with Gasteiger partial charge in [-0.15, -0.1) is 12.4 Å². The van der Waals surface area contributed by atoms with E-state index in [-0.39, 0.29) is 18.3 Å². The Kier molecular flexibility index (Phi) is 5.82. The average Bonchev–Trinajstić information content (AvgIpc) is 3.10. The molecule has 0 fully saturated rings. The highest BCUT2D eigenvalue weighted by molar-refractivity contribution is 5.96. The van der Waals surface area contributed by atoms with Crippen molar-refractivity contribution in [3.8, 4) is 11.3 Å². The van der Waals surface area contributed by atoms with Gasteiger partial charge in [-0.3, -0.25) is 4.79 Å². The molecule has 4 rings (SSSR count). The van der Waals surface area contributed by atoms with E-state index in [0.717, 1.165) is 39.8 Å². The fourth-order valence-electron chi connectivity index (χ4n) is 3.71. The van der Waals surface area contributed by atoms with Gasteiger partial charge in [0.05, 0.1) is 12.6 Å². The molecule has 1 amide bonds. The molecule has 2 heterocycles. The number of hydrogen-bond donors (Lipinski definition) is 1. The van der Waals surface area contributed by atoms with E-state index in [1.807, 2.05) is 30.0 Å². The lowest BCUT2D eigenvalue weighted by molar-refractivity contribution is -0.133. The number of carbonyl (C=O) groups is 1. The first-order valence-electron chi connectivity index (χ1n) is 9.19. The topological polar surface area (TPSA) is 72.4 Å². The van der Waals surface area contributed by atoms with Crippen LogP contribution < -0.4 is 5.73 Å². The summed E-state index contributed by atoms with van der Waals surface area (Å²) in [6.45, 7) is 3.18. The summed E-state index contributed by atoms with van der Waals surface area (Å²) < 4.78 is 5.61. The molecule has 0 bridgehead atoms. The molecule has 6 heteroatoms. The first kappa shape index (κ1) is 19.4. The van der Waals surface area contributed by atoms with Gasteiger partial charge < -0.3 is 15.2 Å². The second-order valence-electron chi connectivity index (χ2n) is 6.86. The summed E-state index contributed by atoms with van der Waals surface area (Å²) in [5, 5.41) is 6.65. The third-order valence-corrected chi connectivity index (χ3v) is 5.10. The van der Waals surface area contributed by atoms with Crippen molar-refractivity contribution >= 4 is 29.1 Å². The van der Waals surface area contributed by atoms with Crippen LogP contribution in [-0.4, -0.2) is 28.6 Å². The molecule has 2 aromatic carbocycles. The van der Waals surface area contributed by atoms with Crippen molar-refractivity contribution in [1.82, 2.24) is 10.1 Å². The van der Waals surface area contributed by atoms with E-state index < -0.39 is 6.04 Å². The van der Waals surface area contributed by atoms with Gasteiger partial charge >= 0.3 is 0 Å². The third-order valence-electron chi connectivity index (χ3n) is 5.10. The maximum absolute atomic E-state index is 12.6. The fraction of sp³-hybridized carbons (Fsp3) is 0.333. The summed E-state index contributed by atoms with van der Waals surface area (Å²) in [6.07, 6.45) is 2.29. The molecule has 5 nitrogen and oxygen atoms in total. The Bertz CT molecular complexity index is 948. The normalized spacial score (nSPS) is 14.5. The zero-order valence-electron chi connectivity index (χ0n) is 15.4. The number of fused-ring (bicyclic) bond motifs is 2. The number of amides is 1. The Hall–Kier alpha value is -2.37. The molecule has 1 aliphatic rings. The zero-order chi connectivity index (χ0) is 18.1. The van der Waals surface area contributed by atoms with Crippen LogP contribution in [0.1, 0.15) is 31.1 Å². The predicted octanol–water partition coefficient (Wildman–Crippen LogP) is 3.93. The summed E-state index contributed by atoms with van der Waals surface area (Å²) in [5.74, 6) is 0.892. The molecule has 2 N–H and O–H groups in total. The van der Waals surface area contributed by atoms with Gasteiger partial charge in [-0.05, 0) is 17.2 Å². The highest BCUT2D eigenvalue weighted by atomic mass is 35.5. The fourth-order valence-corrected chi connectivity index (χ4v) is 3.71. The lowest BCUT2D eigenvalue weighted by Crippen LogP contribution is -2.45. The van der Waals surface area contributed by atoms with Crippen LogP contribution in [0, 0.1) is 0 Å². The lowest BCUT2D eigenvalue weighted by Gasteiger charge is -2.28. The Labute approximate surface area is 164 Å². The van der Waals surface area contributed by atoms with Crippen LogP contribution in [-0.2, 0) is 17.8 Å². The van der Waals surface area contributed by atoms with Crippen molar-refractivity contribution in [3.05, 3.63) is 53.8 Å². The minimum atomic E-state index is -0.428. The van der Waals surface area contributed by atoms with Crippen molar-refractivity contribution in [2.75, 3.05) is 6.54 Å². The van der Waals surface area contributed by atoms with Gasteiger partial charge in [0.1, 0.15) is 11.5 Å². The quantitative estimate of drug-likeness (QED) is 0.738. The molecule has 1 aliphatic heterocycles. The minimum absolute atomic E-state index is 0. The number of nitrogens with zero attached hydrogens (tertiary/aromatic N) is 2. The Morgan fingerprint density at radius 1 is 1.26 bits per heavy atom. The summed E-state index contributed by atoms with van der Waals surface area (Å²) in [4.78, 5) is 14.5. The van der Waals surface area contributed by atoms with E-state index in [4.69, 9.17) is 10.3 Å². The number of hydrogen-bond acceptors (Lipinski definition) is 4. The summed E-state index contributed by atoms with van der Waals surface area (Å²) in [6, 6.07) is 14.0. The number of benzene rings is 2. The molecule has 3 aromatic rings. The molecule has 0 aliphatic carbocycles. The molecule has 0 spiro atoms. The van der Waals surface area contributed by atoms with Crippen LogP contribution in [0.25, 0.3) is 22.0 Å². The summed E-state index contributed by atoms with van der Waals surface area (Å²) in [7, 11) is 0. The Balaban J connectivity index is 0.00000210. The molecule has 0 saturated heterocycles. The molecular weight excluding hydrogens is 362 g/mol. The number of nitrogens with two attached hydrogens (primary N) is 1. The van der Waals surface area contributed by atoms with Crippen molar-refractivity contribution in [3.63, 3.8) is 0 Å². The van der Waals surface area contributed by atoms with Crippen LogP contribution in [0.2, 0.25) is 0 Å². The highest BCUT2D eigenvalue weighted by Crippen LogP contribution is 2.34. The standard InChI is InChI=1S/C21H23N3O2.ClH/c1-2-6-18(22)21(25)24-12-11-19-17(13-24)20(23-26-19)16-10-5-8-14-7-3-4-9-15(14)16;/h3-5,7-10,18H,2,6,11-13,22H2,1H3;1H/t18-;/m0./s1. The first-order chi connectivity index (χ1) is 12.7. The van der Waals surface area contributed by atoms with Crippen molar-refractivity contribution < 1.29 is 9.32 Å². The molecule has 1 aromatic heterocycles. The maximum Gasteiger partial charge on any atom is 0.239 e. The molecule has 27 heavy (non-hydrogen) atoms. The Morgan fingerprint density at radius 2 is 2.04 bits per heavy atom. The van der Waals surface area contributed by atoms with Gasteiger partial charge in [-0.25, -0.2) is 0 Å². The second kappa shape index (κ2) is 8.11. The minimum Gasteiger partial charge on any atom is -0.360 e. The van der Waals surface area contributed by atoms with Gasteiger partial charge in [0, 0.05) is 24.1 Å². The highest BCUT2D eigenvalue weighted by Gasteiger charge is 2.29. The molecule has 0 unspecified atom stereocenters. The third kappa shape index (κ3) is 3.57. The van der Waals surface area contributed by atoms with Gasteiger partial charge in [0.25, 0.3) is 0 Å². The van der Waals surface area contributed by atoms with Crippen molar-refractivity contribution in [2.24, 2.45) is 5.73 Å². The number of halogens is 1. The van der Waals surface area contributed by atoms with Crippen molar-refractivity contribution in [1.29, 1.82) is 0 Å².